The van der Waals surface area contributed by atoms with Gasteiger partial charge >= 0.3 is 5.97 Å². The summed E-state index contributed by atoms with van der Waals surface area (Å²) in [4.78, 5) is 23.5. The fourth-order valence-corrected chi connectivity index (χ4v) is 3.57. The molecule has 1 aliphatic carbocycles. The predicted octanol–water partition coefficient (Wildman–Crippen LogP) is 2.77. The van der Waals surface area contributed by atoms with Gasteiger partial charge in [-0.3, -0.25) is 9.59 Å². The average Bonchev–Trinajstić information content (AvgIpc) is 3.33. The van der Waals surface area contributed by atoms with Gasteiger partial charge in [0.15, 0.2) is 0 Å². The molecule has 7 heteroatoms. The molecular formula is C19H27ClN2O4. The predicted molar refractivity (Wildman–Crippen MR) is 102 cm³/mol. The number of carbonyl (C=O) groups is 2. The molecule has 0 aromatic heterocycles. The fraction of sp³-hybridized carbons (Fsp3) is 0.579. The van der Waals surface area contributed by atoms with Crippen LogP contribution in [0.2, 0.25) is 0 Å². The van der Waals surface area contributed by atoms with Gasteiger partial charge in [-0.2, -0.15) is 0 Å². The van der Waals surface area contributed by atoms with Gasteiger partial charge in [-0.25, -0.2) is 0 Å². The monoisotopic (exact) mass is 382 g/mol. The van der Waals surface area contributed by atoms with Crippen molar-refractivity contribution in [1.82, 2.24) is 5.32 Å². The van der Waals surface area contributed by atoms with Gasteiger partial charge in [-0.15, -0.1) is 12.4 Å². The Kier molecular flexibility index (Phi) is 7.29. The van der Waals surface area contributed by atoms with Crippen molar-refractivity contribution in [2.24, 2.45) is 11.3 Å². The third-order valence-corrected chi connectivity index (χ3v) is 5.25. The number of ether oxygens (including phenoxy) is 2. The number of halogens is 1. The first-order valence-corrected chi connectivity index (χ1v) is 8.94. The highest BCUT2D eigenvalue weighted by molar-refractivity contribution is 5.95. The third kappa shape index (κ3) is 5.11. The van der Waals surface area contributed by atoms with Crippen LogP contribution in [0.4, 0.5) is 5.69 Å². The zero-order chi connectivity index (χ0) is 17.7. The molecule has 0 radical (unpaired) electrons. The number of piperidine rings is 1. The zero-order valence-corrected chi connectivity index (χ0v) is 15.9. The number of rotatable bonds is 7. The Morgan fingerprint density at radius 3 is 2.58 bits per heavy atom. The summed E-state index contributed by atoms with van der Waals surface area (Å²) < 4.78 is 10.2. The van der Waals surface area contributed by atoms with Gasteiger partial charge in [0.1, 0.15) is 5.75 Å². The highest BCUT2D eigenvalue weighted by atomic mass is 35.5. The molecule has 2 N–H and O–H groups in total. The van der Waals surface area contributed by atoms with Gasteiger partial charge in [-0.05, 0) is 68.5 Å². The van der Waals surface area contributed by atoms with Crippen molar-refractivity contribution >= 4 is 30.0 Å². The van der Waals surface area contributed by atoms with Crippen LogP contribution in [0.5, 0.6) is 5.75 Å². The van der Waals surface area contributed by atoms with E-state index in [9.17, 15) is 9.59 Å². The number of nitrogens with one attached hydrogen (secondary N) is 2. The number of amides is 1. The van der Waals surface area contributed by atoms with Crippen molar-refractivity contribution in [2.45, 2.75) is 32.1 Å². The van der Waals surface area contributed by atoms with Gasteiger partial charge in [0.25, 0.3) is 0 Å². The lowest BCUT2D eigenvalue weighted by molar-refractivity contribution is -0.140. The quantitative estimate of drug-likeness (QED) is 0.560. The molecule has 1 amide bonds. The van der Waals surface area contributed by atoms with E-state index in [1.165, 1.54) is 7.11 Å². The number of methoxy groups -OCH3 is 1. The SMILES string of the molecule is COC(=O)CCCOc1ccc(NC(=O)C2CC23CCNCC3)cc1.Cl. The third-order valence-electron chi connectivity index (χ3n) is 5.25. The summed E-state index contributed by atoms with van der Waals surface area (Å²) in [6.45, 7) is 2.50. The molecule has 2 aliphatic rings. The van der Waals surface area contributed by atoms with E-state index in [-0.39, 0.29) is 35.6 Å². The number of hydrogen-bond donors (Lipinski definition) is 2. The summed E-state index contributed by atoms with van der Waals surface area (Å²) in [5, 5.41) is 6.37. The lowest BCUT2D eigenvalue weighted by atomic mass is 9.92. The average molecular weight is 383 g/mol. The summed E-state index contributed by atoms with van der Waals surface area (Å²) in [5.74, 6) is 0.787. The zero-order valence-electron chi connectivity index (χ0n) is 15.1. The minimum Gasteiger partial charge on any atom is -0.494 e. The van der Waals surface area contributed by atoms with Crippen molar-refractivity contribution < 1.29 is 19.1 Å². The summed E-state index contributed by atoms with van der Waals surface area (Å²) in [6, 6.07) is 7.37. The standard InChI is InChI=1S/C19H26N2O4.ClH/c1-24-17(22)3-2-12-25-15-6-4-14(5-7-15)21-18(23)16-13-19(16)8-10-20-11-9-19;/h4-7,16,20H,2-3,8-13H2,1H3,(H,21,23);1H. The molecule has 1 atom stereocenters. The maximum absolute atomic E-state index is 12.4. The first kappa shape index (κ1) is 20.5. The number of esters is 1. The van der Waals surface area contributed by atoms with Crippen LogP contribution >= 0.6 is 12.4 Å². The number of benzene rings is 1. The van der Waals surface area contributed by atoms with E-state index in [1.54, 1.807) is 0 Å². The largest absolute Gasteiger partial charge is 0.494 e. The van der Waals surface area contributed by atoms with Crippen LogP contribution in [0, 0.1) is 11.3 Å². The van der Waals surface area contributed by atoms with Crippen LogP contribution in [0.1, 0.15) is 32.1 Å². The Bertz CT molecular complexity index is 614. The van der Waals surface area contributed by atoms with Crippen molar-refractivity contribution in [3.63, 3.8) is 0 Å². The van der Waals surface area contributed by atoms with Crippen LogP contribution in [0.25, 0.3) is 0 Å². The van der Waals surface area contributed by atoms with Crippen LogP contribution in [-0.2, 0) is 14.3 Å². The van der Waals surface area contributed by atoms with Crippen LogP contribution in [0.15, 0.2) is 24.3 Å². The lowest BCUT2D eigenvalue weighted by Crippen LogP contribution is -2.31. The van der Waals surface area contributed by atoms with E-state index in [0.717, 1.165) is 43.8 Å². The second-order valence-electron chi connectivity index (χ2n) is 6.91. The smallest absolute Gasteiger partial charge is 0.305 e. The number of hydrogen-bond acceptors (Lipinski definition) is 5. The second kappa shape index (κ2) is 9.24. The van der Waals surface area contributed by atoms with Crippen LogP contribution in [0.3, 0.4) is 0 Å². The van der Waals surface area contributed by atoms with Gasteiger partial charge < -0.3 is 20.1 Å². The van der Waals surface area contributed by atoms with Crippen molar-refractivity contribution in [3.8, 4) is 5.75 Å². The molecule has 144 valence electrons. The highest BCUT2D eigenvalue weighted by Crippen LogP contribution is 2.58. The van der Waals surface area contributed by atoms with E-state index in [4.69, 9.17) is 4.74 Å². The first-order chi connectivity index (χ1) is 12.1. The molecule has 2 fully saturated rings. The molecule has 3 rings (SSSR count). The van der Waals surface area contributed by atoms with Crippen molar-refractivity contribution in [1.29, 1.82) is 0 Å². The Labute approximate surface area is 160 Å². The summed E-state index contributed by atoms with van der Waals surface area (Å²) >= 11 is 0. The highest BCUT2D eigenvalue weighted by Gasteiger charge is 2.57. The Balaban J connectivity index is 0.00000243. The first-order valence-electron chi connectivity index (χ1n) is 8.94. The molecule has 1 saturated heterocycles. The molecule has 6 nitrogen and oxygen atoms in total. The normalized spacial score (nSPS) is 20.0. The topological polar surface area (TPSA) is 76.7 Å². The van der Waals surface area contributed by atoms with Crippen LogP contribution in [-0.4, -0.2) is 38.7 Å². The van der Waals surface area contributed by atoms with E-state index >= 15 is 0 Å². The number of anilines is 1. The van der Waals surface area contributed by atoms with Gasteiger partial charge in [0.2, 0.25) is 5.91 Å². The molecule has 1 aromatic rings. The minimum atomic E-state index is -0.228. The molecule has 1 aromatic carbocycles. The van der Waals surface area contributed by atoms with Gasteiger partial charge in [0.05, 0.1) is 13.7 Å². The molecule has 1 heterocycles. The van der Waals surface area contributed by atoms with Crippen LogP contribution < -0.4 is 15.4 Å². The van der Waals surface area contributed by atoms with Gasteiger partial charge in [0, 0.05) is 18.0 Å². The molecule has 26 heavy (non-hydrogen) atoms. The maximum Gasteiger partial charge on any atom is 0.305 e. The Morgan fingerprint density at radius 2 is 1.92 bits per heavy atom. The van der Waals surface area contributed by atoms with Gasteiger partial charge in [-0.1, -0.05) is 0 Å². The van der Waals surface area contributed by atoms with E-state index in [2.05, 4.69) is 15.4 Å². The fourth-order valence-electron chi connectivity index (χ4n) is 3.57. The lowest BCUT2D eigenvalue weighted by Gasteiger charge is -2.23. The second-order valence-corrected chi connectivity index (χ2v) is 6.91. The summed E-state index contributed by atoms with van der Waals surface area (Å²) in [5.41, 5.74) is 1.04. The molecule has 1 saturated carbocycles. The van der Waals surface area contributed by atoms with Crippen molar-refractivity contribution in [2.75, 3.05) is 32.1 Å². The molecule has 1 unspecified atom stereocenters. The van der Waals surface area contributed by atoms with Crippen molar-refractivity contribution in [3.05, 3.63) is 24.3 Å². The summed E-state index contributed by atoms with van der Waals surface area (Å²) in [7, 11) is 1.38. The maximum atomic E-state index is 12.4. The summed E-state index contributed by atoms with van der Waals surface area (Å²) in [6.07, 6.45) is 4.18. The van der Waals surface area contributed by atoms with E-state index < -0.39 is 0 Å². The minimum absolute atomic E-state index is 0. The molecule has 1 aliphatic heterocycles. The molecule has 0 bridgehead atoms. The van der Waals surface area contributed by atoms with E-state index in [0.29, 0.717) is 19.4 Å². The Morgan fingerprint density at radius 1 is 1.23 bits per heavy atom. The Hall–Kier alpha value is -1.79. The van der Waals surface area contributed by atoms with E-state index in [1.807, 2.05) is 24.3 Å². The molecular weight excluding hydrogens is 356 g/mol. The number of carbonyl (C=O) groups excluding carboxylic acids is 2. The molecule has 1 spiro atoms.